The molecular formula is C25H36FN5O2S. The van der Waals surface area contributed by atoms with Crippen molar-refractivity contribution in [1.29, 1.82) is 0 Å². The second-order valence-electron chi connectivity index (χ2n) is 8.48. The van der Waals surface area contributed by atoms with Gasteiger partial charge in [-0.2, -0.15) is 0 Å². The van der Waals surface area contributed by atoms with Gasteiger partial charge in [0.1, 0.15) is 5.82 Å². The average molecular weight is 490 g/mol. The number of rotatable bonds is 10. The summed E-state index contributed by atoms with van der Waals surface area (Å²) in [5.74, 6) is -1.43. The Kier molecular flexibility index (Phi) is 9.86. The molecule has 0 spiro atoms. The zero-order valence-corrected chi connectivity index (χ0v) is 21.1. The molecule has 1 fully saturated rings. The van der Waals surface area contributed by atoms with Gasteiger partial charge in [-0.1, -0.05) is 32.0 Å². The van der Waals surface area contributed by atoms with Gasteiger partial charge in [-0.3, -0.25) is 14.5 Å². The third kappa shape index (κ3) is 6.77. The molecule has 0 radical (unpaired) electrons. The number of hydrogen-bond acceptors (Lipinski definition) is 6. The fourth-order valence-corrected chi connectivity index (χ4v) is 5.41. The summed E-state index contributed by atoms with van der Waals surface area (Å²) in [5, 5.41) is 7.65. The number of carbonyl (C=O) groups is 2. The van der Waals surface area contributed by atoms with E-state index < -0.39 is 11.8 Å². The lowest BCUT2D eigenvalue weighted by Gasteiger charge is -2.42. The van der Waals surface area contributed by atoms with Gasteiger partial charge in [0.05, 0.1) is 11.7 Å². The zero-order chi connectivity index (χ0) is 24.5. The molecule has 1 aliphatic rings. The van der Waals surface area contributed by atoms with E-state index in [0.29, 0.717) is 31.9 Å². The lowest BCUT2D eigenvalue weighted by molar-refractivity contribution is -0.139. The molecule has 0 unspecified atom stereocenters. The van der Waals surface area contributed by atoms with Gasteiger partial charge < -0.3 is 20.4 Å². The van der Waals surface area contributed by atoms with Gasteiger partial charge >= 0.3 is 11.8 Å². The highest BCUT2D eigenvalue weighted by Crippen LogP contribution is 2.30. The SMILES string of the molecule is CCN(CC)CCNC(=O)C(=O)N[C@H](C)[C@@H](c1cccs1)N1CCN(c2ccccc2F)CC1. The van der Waals surface area contributed by atoms with Crippen molar-refractivity contribution in [2.75, 3.05) is 57.3 Å². The molecule has 1 aromatic heterocycles. The zero-order valence-electron chi connectivity index (χ0n) is 20.3. The van der Waals surface area contributed by atoms with E-state index >= 15 is 0 Å². The van der Waals surface area contributed by atoms with Crippen LogP contribution in [0.25, 0.3) is 0 Å². The van der Waals surface area contributed by atoms with Crippen molar-refractivity contribution >= 4 is 28.8 Å². The predicted octanol–water partition coefficient (Wildman–Crippen LogP) is 2.71. The molecule has 0 bridgehead atoms. The highest BCUT2D eigenvalue weighted by atomic mass is 32.1. The normalized spacial score (nSPS) is 16.3. The van der Waals surface area contributed by atoms with Crippen LogP contribution >= 0.6 is 11.3 Å². The van der Waals surface area contributed by atoms with E-state index in [1.807, 2.05) is 30.5 Å². The number of halogens is 1. The summed E-state index contributed by atoms with van der Waals surface area (Å²) in [6, 6.07) is 10.6. The number of likely N-dealkylation sites (N-methyl/N-ethyl adjacent to an activating group) is 1. The van der Waals surface area contributed by atoms with Crippen molar-refractivity contribution in [1.82, 2.24) is 20.4 Å². The number of nitrogens with one attached hydrogen (secondary N) is 2. The highest BCUT2D eigenvalue weighted by molar-refractivity contribution is 7.10. The van der Waals surface area contributed by atoms with Crippen LogP contribution in [0, 0.1) is 5.82 Å². The van der Waals surface area contributed by atoms with Crippen LogP contribution in [0.3, 0.4) is 0 Å². The van der Waals surface area contributed by atoms with Crippen LogP contribution in [0.15, 0.2) is 41.8 Å². The Bertz CT molecular complexity index is 914. The molecule has 1 aromatic carbocycles. The molecular weight excluding hydrogens is 453 g/mol. The van der Waals surface area contributed by atoms with Gasteiger partial charge in [0.25, 0.3) is 0 Å². The molecule has 1 saturated heterocycles. The summed E-state index contributed by atoms with van der Waals surface area (Å²) in [4.78, 5) is 32.7. The molecule has 186 valence electrons. The minimum atomic E-state index is -0.612. The molecule has 3 rings (SSSR count). The standard InChI is InChI=1S/C25H36FN5O2S/c1-4-29(5-2)13-12-27-24(32)25(33)28-19(3)23(22-11-8-18-34-22)31-16-14-30(15-17-31)21-10-7-6-9-20(21)26/h6-11,18-19,23H,4-5,12-17H2,1-3H3,(H,27,32)(H,28,33)/t19-,23+/m1/s1. The predicted molar refractivity (Wildman–Crippen MR) is 136 cm³/mol. The molecule has 9 heteroatoms. The number of hydrogen-bond donors (Lipinski definition) is 2. The largest absolute Gasteiger partial charge is 0.367 e. The van der Waals surface area contributed by atoms with Crippen LogP contribution < -0.4 is 15.5 Å². The molecule has 2 aromatic rings. The minimum Gasteiger partial charge on any atom is -0.367 e. The van der Waals surface area contributed by atoms with E-state index in [4.69, 9.17) is 0 Å². The van der Waals surface area contributed by atoms with Crippen molar-refractivity contribution in [3.05, 3.63) is 52.5 Å². The lowest BCUT2D eigenvalue weighted by Crippen LogP contribution is -2.54. The van der Waals surface area contributed by atoms with Crippen LogP contribution in [0.4, 0.5) is 10.1 Å². The van der Waals surface area contributed by atoms with Gasteiger partial charge in [0, 0.05) is 50.2 Å². The maximum absolute atomic E-state index is 14.2. The number of amides is 2. The molecule has 2 N–H and O–H groups in total. The van der Waals surface area contributed by atoms with Crippen LogP contribution in [0.2, 0.25) is 0 Å². The summed E-state index contributed by atoms with van der Waals surface area (Å²) in [6.07, 6.45) is 0. The first-order chi connectivity index (χ1) is 16.4. The second-order valence-corrected chi connectivity index (χ2v) is 9.46. The number of anilines is 1. The summed E-state index contributed by atoms with van der Waals surface area (Å²) in [7, 11) is 0. The fraction of sp³-hybridized carbons (Fsp3) is 0.520. The second kappa shape index (κ2) is 12.8. The van der Waals surface area contributed by atoms with Crippen molar-refractivity contribution in [2.24, 2.45) is 0 Å². The highest BCUT2D eigenvalue weighted by Gasteiger charge is 2.32. The summed E-state index contributed by atoms with van der Waals surface area (Å²) < 4.78 is 14.2. The van der Waals surface area contributed by atoms with Gasteiger partial charge in [-0.25, -0.2) is 4.39 Å². The maximum Gasteiger partial charge on any atom is 0.309 e. The Morgan fingerprint density at radius 2 is 1.76 bits per heavy atom. The van der Waals surface area contributed by atoms with E-state index in [2.05, 4.69) is 45.2 Å². The molecule has 2 amide bonds. The number of carbonyl (C=O) groups excluding carboxylic acids is 2. The topological polar surface area (TPSA) is 67.9 Å². The Labute approximate surface area is 205 Å². The first kappa shape index (κ1) is 26.1. The van der Waals surface area contributed by atoms with Gasteiger partial charge in [-0.15, -0.1) is 11.3 Å². The Balaban J connectivity index is 1.59. The number of thiophene rings is 1. The van der Waals surface area contributed by atoms with E-state index in [1.54, 1.807) is 17.4 Å². The number of nitrogens with zero attached hydrogens (tertiary/aromatic N) is 3. The summed E-state index contributed by atoms with van der Waals surface area (Å²) in [6.45, 7) is 11.9. The van der Waals surface area contributed by atoms with Gasteiger partial charge in [0.15, 0.2) is 0 Å². The van der Waals surface area contributed by atoms with Crippen molar-refractivity contribution in [3.8, 4) is 0 Å². The lowest BCUT2D eigenvalue weighted by atomic mass is 10.0. The van der Waals surface area contributed by atoms with Crippen molar-refractivity contribution < 1.29 is 14.0 Å². The Morgan fingerprint density at radius 3 is 2.38 bits per heavy atom. The summed E-state index contributed by atoms with van der Waals surface area (Å²) in [5.41, 5.74) is 0.623. The van der Waals surface area contributed by atoms with Crippen LogP contribution in [0.1, 0.15) is 31.7 Å². The monoisotopic (exact) mass is 489 g/mol. The van der Waals surface area contributed by atoms with E-state index in [0.717, 1.165) is 31.1 Å². The number of benzene rings is 1. The quantitative estimate of drug-likeness (QED) is 0.503. The van der Waals surface area contributed by atoms with Gasteiger partial charge in [0.2, 0.25) is 0 Å². The maximum atomic E-state index is 14.2. The van der Waals surface area contributed by atoms with Crippen molar-refractivity contribution in [3.63, 3.8) is 0 Å². The third-order valence-electron chi connectivity index (χ3n) is 6.38. The first-order valence-corrected chi connectivity index (χ1v) is 12.9. The van der Waals surface area contributed by atoms with Crippen LogP contribution in [-0.2, 0) is 9.59 Å². The van der Waals surface area contributed by atoms with Crippen molar-refractivity contribution in [2.45, 2.75) is 32.9 Å². The molecule has 0 saturated carbocycles. The molecule has 0 aliphatic carbocycles. The fourth-order valence-electron chi connectivity index (χ4n) is 4.45. The van der Waals surface area contributed by atoms with Gasteiger partial charge in [-0.05, 0) is 43.6 Å². The Morgan fingerprint density at radius 1 is 1.06 bits per heavy atom. The summed E-state index contributed by atoms with van der Waals surface area (Å²) >= 11 is 1.64. The minimum absolute atomic E-state index is 0.0600. The average Bonchev–Trinajstić information content (AvgIpc) is 3.37. The molecule has 2 atom stereocenters. The molecule has 7 nitrogen and oxygen atoms in total. The third-order valence-corrected chi connectivity index (χ3v) is 7.33. The Hall–Kier alpha value is -2.49. The van der Waals surface area contributed by atoms with E-state index in [-0.39, 0.29) is 17.9 Å². The molecule has 34 heavy (non-hydrogen) atoms. The number of para-hydroxylation sites is 1. The molecule has 2 heterocycles. The van der Waals surface area contributed by atoms with Crippen LogP contribution in [-0.4, -0.2) is 80.0 Å². The number of piperazine rings is 1. The van der Waals surface area contributed by atoms with Crippen LogP contribution in [0.5, 0.6) is 0 Å². The first-order valence-electron chi connectivity index (χ1n) is 12.0. The van der Waals surface area contributed by atoms with E-state index in [9.17, 15) is 14.0 Å². The smallest absolute Gasteiger partial charge is 0.309 e. The van der Waals surface area contributed by atoms with E-state index in [1.165, 1.54) is 6.07 Å². The molecule has 1 aliphatic heterocycles.